The van der Waals surface area contributed by atoms with Gasteiger partial charge in [-0.2, -0.15) is 0 Å². The Bertz CT molecular complexity index is 480. The molecule has 24 heavy (non-hydrogen) atoms. The molecule has 5 heteroatoms. The van der Waals surface area contributed by atoms with Gasteiger partial charge in [-0.25, -0.2) is 0 Å². The molecule has 1 aromatic rings. The van der Waals surface area contributed by atoms with Gasteiger partial charge in [-0.1, -0.05) is 12.8 Å². The third kappa shape index (κ3) is 4.85. The van der Waals surface area contributed by atoms with E-state index in [2.05, 4.69) is 21.9 Å². The van der Waals surface area contributed by atoms with Crippen molar-refractivity contribution in [3.8, 4) is 5.75 Å². The summed E-state index contributed by atoms with van der Waals surface area (Å²) >= 11 is 0. The fourth-order valence-corrected chi connectivity index (χ4v) is 3.63. The first-order valence-electron chi connectivity index (χ1n) is 9.15. The quantitative estimate of drug-likeness (QED) is 0.828. The van der Waals surface area contributed by atoms with Crippen molar-refractivity contribution in [1.29, 1.82) is 0 Å². The minimum Gasteiger partial charge on any atom is -0.497 e. The maximum Gasteiger partial charge on any atom is 0.119 e. The summed E-state index contributed by atoms with van der Waals surface area (Å²) in [6, 6.07) is 8.23. The van der Waals surface area contributed by atoms with Crippen molar-refractivity contribution in [2.45, 2.75) is 37.9 Å². The summed E-state index contributed by atoms with van der Waals surface area (Å²) < 4.78 is 11.0. The van der Waals surface area contributed by atoms with Crippen LogP contribution in [0.1, 0.15) is 25.7 Å². The van der Waals surface area contributed by atoms with Crippen molar-refractivity contribution in [2.24, 2.45) is 0 Å². The molecule has 2 fully saturated rings. The Morgan fingerprint density at radius 2 is 1.75 bits per heavy atom. The van der Waals surface area contributed by atoms with Crippen molar-refractivity contribution in [3.63, 3.8) is 0 Å². The maximum absolute atomic E-state index is 10.2. The predicted octanol–water partition coefficient (Wildman–Crippen LogP) is 2.14. The van der Waals surface area contributed by atoms with Crippen molar-refractivity contribution >= 4 is 5.69 Å². The lowest BCUT2D eigenvalue weighted by molar-refractivity contribution is -0.0188. The fraction of sp³-hybridized carbons (Fsp3) is 0.684. The molecular weight excluding hydrogens is 304 g/mol. The molecule has 0 spiro atoms. The number of nitrogens with zero attached hydrogens (tertiary/aromatic N) is 2. The Labute approximate surface area is 145 Å². The SMILES string of the molecule is COc1ccc(N2CCN(CC(O)COC3CCCC3)CC2)cc1. The molecular formula is C19H30N2O3. The van der Waals surface area contributed by atoms with Gasteiger partial charge in [0.1, 0.15) is 5.75 Å². The molecule has 2 aliphatic rings. The number of hydrogen-bond donors (Lipinski definition) is 1. The van der Waals surface area contributed by atoms with Gasteiger partial charge in [-0.3, -0.25) is 4.90 Å². The molecule has 1 heterocycles. The number of aliphatic hydroxyl groups excluding tert-OH is 1. The van der Waals surface area contributed by atoms with Crippen LogP contribution in [0, 0.1) is 0 Å². The molecule has 1 N–H and O–H groups in total. The van der Waals surface area contributed by atoms with Crippen molar-refractivity contribution < 1.29 is 14.6 Å². The Morgan fingerprint density at radius 1 is 1.08 bits per heavy atom. The van der Waals surface area contributed by atoms with Gasteiger partial charge in [0.15, 0.2) is 0 Å². The van der Waals surface area contributed by atoms with Gasteiger partial charge in [0.05, 0.1) is 25.9 Å². The first-order chi connectivity index (χ1) is 11.7. The van der Waals surface area contributed by atoms with Crippen LogP contribution in [0.15, 0.2) is 24.3 Å². The molecule has 134 valence electrons. The lowest BCUT2D eigenvalue weighted by Crippen LogP contribution is -2.49. The zero-order chi connectivity index (χ0) is 16.8. The highest BCUT2D eigenvalue weighted by Crippen LogP contribution is 2.22. The average Bonchev–Trinajstić information content (AvgIpc) is 3.14. The molecule has 1 aliphatic heterocycles. The van der Waals surface area contributed by atoms with Gasteiger partial charge >= 0.3 is 0 Å². The van der Waals surface area contributed by atoms with E-state index in [1.165, 1.54) is 18.5 Å². The highest BCUT2D eigenvalue weighted by molar-refractivity contribution is 5.49. The first-order valence-corrected chi connectivity index (χ1v) is 9.15. The van der Waals surface area contributed by atoms with Crippen LogP contribution in [0.2, 0.25) is 0 Å². The average molecular weight is 334 g/mol. The van der Waals surface area contributed by atoms with Gasteiger partial charge in [0, 0.05) is 38.4 Å². The van der Waals surface area contributed by atoms with Crippen molar-refractivity contribution in [1.82, 2.24) is 4.90 Å². The van der Waals surface area contributed by atoms with E-state index in [-0.39, 0.29) is 6.10 Å². The number of aliphatic hydroxyl groups is 1. The highest BCUT2D eigenvalue weighted by atomic mass is 16.5. The first kappa shape index (κ1) is 17.5. The molecule has 0 aromatic heterocycles. The number of β-amino-alcohol motifs (C(OH)–C–C–N with tert-alkyl or cyclic N) is 1. The summed E-state index contributed by atoms with van der Waals surface area (Å²) in [4.78, 5) is 4.72. The van der Waals surface area contributed by atoms with Crippen LogP contribution in [-0.2, 0) is 4.74 Å². The molecule has 0 bridgehead atoms. The van der Waals surface area contributed by atoms with E-state index < -0.39 is 0 Å². The third-order valence-electron chi connectivity index (χ3n) is 5.11. The van der Waals surface area contributed by atoms with E-state index in [0.29, 0.717) is 19.3 Å². The number of benzene rings is 1. The number of rotatable bonds is 7. The molecule has 1 aromatic carbocycles. The van der Waals surface area contributed by atoms with Crippen molar-refractivity contribution in [3.05, 3.63) is 24.3 Å². The topological polar surface area (TPSA) is 45.2 Å². The fourth-order valence-electron chi connectivity index (χ4n) is 3.63. The maximum atomic E-state index is 10.2. The minimum absolute atomic E-state index is 0.377. The molecule has 1 saturated heterocycles. The second kappa shape index (κ2) is 8.70. The van der Waals surface area contributed by atoms with Gasteiger partial charge in [-0.05, 0) is 37.1 Å². The summed E-state index contributed by atoms with van der Waals surface area (Å²) in [6.07, 6.45) is 4.87. The van der Waals surface area contributed by atoms with Crippen LogP contribution in [0.5, 0.6) is 5.75 Å². The Kier molecular flexibility index (Phi) is 6.35. The second-order valence-corrected chi connectivity index (χ2v) is 6.88. The van der Waals surface area contributed by atoms with E-state index in [1.807, 2.05) is 12.1 Å². The largest absolute Gasteiger partial charge is 0.497 e. The molecule has 1 unspecified atom stereocenters. The lowest BCUT2D eigenvalue weighted by atomic mass is 10.2. The van der Waals surface area contributed by atoms with Crippen LogP contribution >= 0.6 is 0 Å². The summed E-state index contributed by atoms with van der Waals surface area (Å²) in [5, 5.41) is 10.2. The zero-order valence-corrected chi connectivity index (χ0v) is 14.7. The second-order valence-electron chi connectivity index (χ2n) is 6.88. The zero-order valence-electron chi connectivity index (χ0n) is 14.7. The van der Waals surface area contributed by atoms with Crippen molar-refractivity contribution in [2.75, 3.05) is 51.3 Å². The van der Waals surface area contributed by atoms with Crippen LogP contribution < -0.4 is 9.64 Å². The number of methoxy groups -OCH3 is 1. The van der Waals surface area contributed by atoms with Gasteiger partial charge in [0.25, 0.3) is 0 Å². The monoisotopic (exact) mass is 334 g/mol. The number of anilines is 1. The van der Waals surface area contributed by atoms with Gasteiger partial charge in [0.2, 0.25) is 0 Å². The normalized spacial score (nSPS) is 21.2. The summed E-state index contributed by atoms with van der Waals surface area (Å²) in [6.45, 7) is 5.12. The Morgan fingerprint density at radius 3 is 2.38 bits per heavy atom. The van der Waals surface area contributed by atoms with Gasteiger partial charge < -0.3 is 19.5 Å². The number of piperazine rings is 1. The third-order valence-corrected chi connectivity index (χ3v) is 5.11. The van der Waals surface area contributed by atoms with E-state index in [4.69, 9.17) is 9.47 Å². The van der Waals surface area contributed by atoms with E-state index >= 15 is 0 Å². The summed E-state index contributed by atoms with van der Waals surface area (Å²) in [5.41, 5.74) is 1.24. The lowest BCUT2D eigenvalue weighted by Gasteiger charge is -2.37. The number of ether oxygens (including phenoxy) is 2. The summed E-state index contributed by atoms with van der Waals surface area (Å²) in [5.74, 6) is 0.891. The standard InChI is InChI=1S/C19H30N2O3/c1-23-18-8-6-16(7-9-18)21-12-10-20(11-13-21)14-17(22)15-24-19-4-2-3-5-19/h6-9,17,19,22H,2-5,10-15H2,1H3. The molecule has 1 aliphatic carbocycles. The smallest absolute Gasteiger partial charge is 0.119 e. The Hall–Kier alpha value is -1.30. The van der Waals surface area contributed by atoms with E-state index in [1.54, 1.807) is 7.11 Å². The van der Waals surface area contributed by atoms with E-state index in [9.17, 15) is 5.11 Å². The molecule has 1 saturated carbocycles. The molecule has 0 radical (unpaired) electrons. The van der Waals surface area contributed by atoms with Gasteiger partial charge in [-0.15, -0.1) is 0 Å². The molecule has 1 atom stereocenters. The molecule has 0 amide bonds. The molecule has 5 nitrogen and oxygen atoms in total. The van der Waals surface area contributed by atoms with Crippen LogP contribution in [0.25, 0.3) is 0 Å². The predicted molar refractivity (Wildman–Crippen MR) is 95.9 cm³/mol. The summed E-state index contributed by atoms with van der Waals surface area (Å²) in [7, 11) is 1.69. The minimum atomic E-state index is -0.377. The number of hydrogen-bond acceptors (Lipinski definition) is 5. The Balaban J connectivity index is 1.37. The van der Waals surface area contributed by atoms with Crippen LogP contribution in [0.4, 0.5) is 5.69 Å². The highest BCUT2D eigenvalue weighted by Gasteiger charge is 2.21. The van der Waals surface area contributed by atoms with Crippen LogP contribution in [-0.4, -0.2) is 68.7 Å². The van der Waals surface area contributed by atoms with E-state index in [0.717, 1.165) is 44.8 Å². The molecule has 3 rings (SSSR count). The van der Waals surface area contributed by atoms with Crippen LogP contribution in [0.3, 0.4) is 0 Å².